The number of morpholine rings is 1. The SMILES string of the molecule is O=C(C(Sc1nnc(-c2cccc(Cl)c2)o1)c1ccccc1)N1CCOCC1. The fraction of sp³-hybridized carbons (Fsp3) is 0.250. The second-order valence-corrected chi connectivity index (χ2v) is 7.72. The highest BCUT2D eigenvalue weighted by Crippen LogP contribution is 2.37. The summed E-state index contributed by atoms with van der Waals surface area (Å²) in [6.45, 7) is 2.27. The molecule has 0 aliphatic carbocycles. The number of amides is 1. The molecule has 1 unspecified atom stereocenters. The first-order chi connectivity index (χ1) is 13.7. The molecule has 6 nitrogen and oxygen atoms in total. The van der Waals surface area contributed by atoms with Crippen molar-refractivity contribution in [1.29, 1.82) is 0 Å². The van der Waals surface area contributed by atoms with Crippen LogP contribution in [-0.2, 0) is 9.53 Å². The topological polar surface area (TPSA) is 68.5 Å². The van der Waals surface area contributed by atoms with E-state index in [2.05, 4.69) is 10.2 Å². The molecule has 144 valence electrons. The number of carbonyl (C=O) groups excluding carboxylic acids is 1. The first kappa shape index (κ1) is 19.0. The minimum atomic E-state index is -0.466. The fourth-order valence-electron chi connectivity index (χ4n) is 2.93. The Hall–Kier alpha value is -2.35. The Bertz CT molecular complexity index is 945. The van der Waals surface area contributed by atoms with Crippen molar-refractivity contribution in [3.63, 3.8) is 0 Å². The fourth-order valence-corrected chi connectivity index (χ4v) is 4.08. The van der Waals surface area contributed by atoms with Crippen molar-refractivity contribution in [2.45, 2.75) is 10.5 Å². The van der Waals surface area contributed by atoms with Crippen LogP contribution < -0.4 is 0 Å². The van der Waals surface area contributed by atoms with E-state index in [0.29, 0.717) is 42.4 Å². The number of nitrogens with zero attached hydrogens (tertiary/aromatic N) is 3. The van der Waals surface area contributed by atoms with Crippen LogP contribution in [0.25, 0.3) is 11.5 Å². The van der Waals surface area contributed by atoms with Crippen LogP contribution in [-0.4, -0.2) is 47.3 Å². The van der Waals surface area contributed by atoms with Crippen LogP contribution in [0.15, 0.2) is 64.2 Å². The van der Waals surface area contributed by atoms with Gasteiger partial charge in [0.1, 0.15) is 5.25 Å². The van der Waals surface area contributed by atoms with Crippen LogP contribution in [0.4, 0.5) is 0 Å². The van der Waals surface area contributed by atoms with E-state index in [9.17, 15) is 4.79 Å². The third-order valence-electron chi connectivity index (χ3n) is 4.35. The molecule has 0 bridgehead atoms. The molecule has 28 heavy (non-hydrogen) atoms. The highest BCUT2D eigenvalue weighted by atomic mass is 35.5. The molecule has 1 amide bonds. The van der Waals surface area contributed by atoms with Gasteiger partial charge in [0.05, 0.1) is 13.2 Å². The molecule has 0 radical (unpaired) electrons. The normalized spacial score (nSPS) is 15.4. The standard InChI is InChI=1S/C20H18ClN3O3S/c21-16-8-4-7-15(13-16)18-22-23-20(27-18)28-17(14-5-2-1-3-6-14)19(25)24-9-11-26-12-10-24/h1-8,13,17H,9-12H2. The molecular formula is C20H18ClN3O3S. The minimum absolute atomic E-state index is 0.0157. The molecule has 1 atom stereocenters. The summed E-state index contributed by atoms with van der Waals surface area (Å²) in [6, 6.07) is 16.8. The van der Waals surface area contributed by atoms with Gasteiger partial charge < -0.3 is 14.1 Å². The zero-order valence-electron chi connectivity index (χ0n) is 15.0. The Morgan fingerprint density at radius 3 is 2.61 bits per heavy atom. The van der Waals surface area contributed by atoms with E-state index in [1.165, 1.54) is 11.8 Å². The maximum atomic E-state index is 13.2. The maximum absolute atomic E-state index is 13.2. The average Bonchev–Trinajstić information content (AvgIpc) is 3.22. The van der Waals surface area contributed by atoms with Crippen LogP contribution in [0.3, 0.4) is 0 Å². The second kappa shape index (κ2) is 8.77. The van der Waals surface area contributed by atoms with Crippen molar-refractivity contribution in [2.24, 2.45) is 0 Å². The van der Waals surface area contributed by atoms with E-state index in [1.807, 2.05) is 47.4 Å². The van der Waals surface area contributed by atoms with Gasteiger partial charge in [-0.25, -0.2) is 0 Å². The molecule has 2 aromatic carbocycles. The smallest absolute Gasteiger partial charge is 0.277 e. The molecule has 1 fully saturated rings. The van der Waals surface area contributed by atoms with Gasteiger partial charge in [0.25, 0.3) is 5.22 Å². The summed E-state index contributed by atoms with van der Waals surface area (Å²) < 4.78 is 11.2. The number of rotatable bonds is 5. The van der Waals surface area contributed by atoms with Gasteiger partial charge in [0, 0.05) is 23.7 Å². The number of thioether (sulfide) groups is 1. The predicted molar refractivity (Wildman–Crippen MR) is 107 cm³/mol. The third kappa shape index (κ3) is 4.38. The van der Waals surface area contributed by atoms with Crippen molar-refractivity contribution in [2.75, 3.05) is 26.3 Å². The van der Waals surface area contributed by atoms with E-state index in [0.717, 1.165) is 11.1 Å². The molecule has 1 aliphatic rings. The summed E-state index contributed by atoms with van der Waals surface area (Å²) >= 11 is 7.30. The van der Waals surface area contributed by atoms with Crippen molar-refractivity contribution in [3.05, 3.63) is 65.2 Å². The summed E-state index contributed by atoms with van der Waals surface area (Å²) in [5, 5.41) is 8.69. The Morgan fingerprint density at radius 2 is 1.86 bits per heavy atom. The molecule has 1 saturated heterocycles. The average molecular weight is 416 g/mol. The van der Waals surface area contributed by atoms with Gasteiger partial charge >= 0.3 is 0 Å². The molecular weight excluding hydrogens is 398 g/mol. The molecule has 1 aromatic heterocycles. The summed E-state index contributed by atoms with van der Waals surface area (Å²) in [5.41, 5.74) is 1.63. The van der Waals surface area contributed by atoms with E-state index in [4.69, 9.17) is 20.8 Å². The molecule has 0 spiro atoms. The van der Waals surface area contributed by atoms with Crippen molar-refractivity contribution >= 4 is 29.3 Å². The van der Waals surface area contributed by atoms with E-state index in [1.54, 1.807) is 12.1 Å². The molecule has 1 aliphatic heterocycles. The number of aromatic nitrogens is 2. The first-order valence-corrected chi connectivity index (χ1v) is 10.1. The number of benzene rings is 2. The molecule has 0 saturated carbocycles. The monoisotopic (exact) mass is 415 g/mol. The molecule has 8 heteroatoms. The van der Waals surface area contributed by atoms with Crippen LogP contribution in [0.5, 0.6) is 0 Å². The summed E-state index contributed by atoms with van der Waals surface area (Å²) in [5.74, 6) is 0.387. The van der Waals surface area contributed by atoms with Gasteiger partial charge in [-0.2, -0.15) is 0 Å². The Kier molecular flexibility index (Phi) is 5.95. The van der Waals surface area contributed by atoms with Gasteiger partial charge in [0.15, 0.2) is 0 Å². The predicted octanol–water partition coefficient (Wildman–Crippen LogP) is 4.08. The van der Waals surface area contributed by atoms with Crippen LogP contribution in [0, 0.1) is 0 Å². The molecule has 2 heterocycles. The minimum Gasteiger partial charge on any atom is -0.411 e. The summed E-state index contributed by atoms with van der Waals surface area (Å²) in [4.78, 5) is 15.0. The number of carbonyl (C=O) groups is 1. The highest BCUT2D eigenvalue weighted by molar-refractivity contribution is 8.00. The zero-order valence-corrected chi connectivity index (χ0v) is 16.5. The number of hydrogen-bond acceptors (Lipinski definition) is 6. The van der Waals surface area contributed by atoms with Gasteiger partial charge in [-0.3, -0.25) is 4.79 Å². The second-order valence-electron chi connectivity index (χ2n) is 6.23. The Morgan fingerprint density at radius 1 is 1.07 bits per heavy atom. The molecule has 3 aromatic rings. The summed E-state index contributed by atoms with van der Waals surface area (Å²) in [7, 11) is 0. The zero-order chi connectivity index (χ0) is 19.3. The lowest BCUT2D eigenvalue weighted by molar-refractivity contribution is -0.134. The van der Waals surface area contributed by atoms with Gasteiger partial charge in [-0.15, -0.1) is 10.2 Å². The third-order valence-corrected chi connectivity index (χ3v) is 5.66. The quantitative estimate of drug-likeness (QED) is 0.585. The number of ether oxygens (including phenoxy) is 1. The number of halogens is 1. The number of hydrogen-bond donors (Lipinski definition) is 0. The highest BCUT2D eigenvalue weighted by Gasteiger charge is 2.30. The van der Waals surface area contributed by atoms with Crippen LogP contribution >= 0.6 is 23.4 Å². The molecule has 0 N–H and O–H groups in total. The largest absolute Gasteiger partial charge is 0.411 e. The van der Waals surface area contributed by atoms with Crippen molar-refractivity contribution in [1.82, 2.24) is 15.1 Å². The van der Waals surface area contributed by atoms with Crippen molar-refractivity contribution in [3.8, 4) is 11.5 Å². The Labute approximate surface area is 171 Å². The van der Waals surface area contributed by atoms with E-state index < -0.39 is 5.25 Å². The van der Waals surface area contributed by atoms with E-state index in [-0.39, 0.29) is 5.91 Å². The first-order valence-electron chi connectivity index (χ1n) is 8.88. The van der Waals surface area contributed by atoms with Crippen LogP contribution in [0.2, 0.25) is 5.02 Å². The molecule has 4 rings (SSSR count). The van der Waals surface area contributed by atoms with Crippen LogP contribution in [0.1, 0.15) is 10.8 Å². The van der Waals surface area contributed by atoms with E-state index >= 15 is 0 Å². The van der Waals surface area contributed by atoms with Gasteiger partial charge in [-0.05, 0) is 35.5 Å². The lowest BCUT2D eigenvalue weighted by Crippen LogP contribution is -2.42. The summed E-state index contributed by atoms with van der Waals surface area (Å²) in [6.07, 6.45) is 0. The van der Waals surface area contributed by atoms with Gasteiger partial charge in [-0.1, -0.05) is 48.0 Å². The lowest BCUT2D eigenvalue weighted by Gasteiger charge is -2.29. The van der Waals surface area contributed by atoms with Crippen molar-refractivity contribution < 1.29 is 13.9 Å². The Balaban J connectivity index is 1.58. The lowest BCUT2D eigenvalue weighted by atomic mass is 10.1. The van der Waals surface area contributed by atoms with Gasteiger partial charge in [0.2, 0.25) is 11.8 Å². The maximum Gasteiger partial charge on any atom is 0.277 e.